The van der Waals surface area contributed by atoms with E-state index in [1.165, 1.54) is 4.90 Å². The quantitative estimate of drug-likeness (QED) is 0.873. The van der Waals surface area contributed by atoms with Gasteiger partial charge in [-0.25, -0.2) is 0 Å². The molecular formula is C15H19NO4S. The number of nitrogens with zero attached hydrogens (tertiary/aromatic N) is 1. The van der Waals surface area contributed by atoms with Crippen LogP contribution >= 0.6 is 11.8 Å². The summed E-state index contributed by atoms with van der Waals surface area (Å²) in [7, 11) is 0. The number of carboxylic acid groups (broad SMARTS) is 1. The minimum Gasteiger partial charge on any atom is -0.480 e. The second-order valence-corrected chi connectivity index (χ2v) is 5.66. The normalized spacial score (nSPS) is 10.2. The van der Waals surface area contributed by atoms with Crippen molar-refractivity contribution in [1.29, 1.82) is 0 Å². The fourth-order valence-corrected chi connectivity index (χ4v) is 2.63. The monoisotopic (exact) mass is 309 g/mol. The first kappa shape index (κ1) is 17.2. The van der Waals surface area contributed by atoms with Gasteiger partial charge in [-0.1, -0.05) is 36.9 Å². The summed E-state index contributed by atoms with van der Waals surface area (Å²) < 4.78 is 0. The Morgan fingerprint density at radius 3 is 2.24 bits per heavy atom. The molecule has 0 aliphatic carbocycles. The zero-order valence-electron chi connectivity index (χ0n) is 12.4. The Kier molecular flexibility index (Phi) is 6.42. The average Bonchev–Trinajstić information content (AvgIpc) is 2.42. The maximum atomic E-state index is 12.3. The molecule has 0 spiro atoms. The van der Waals surface area contributed by atoms with Gasteiger partial charge in [0.25, 0.3) is 0 Å². The molecule has 6 heteroatoms. The lowest BCUT2D eigenvalue weighted by atomic mass is 10.1. The highest BCUT2D eigenvalue weighted by Gasteiger charge is 2.22. The number of carboxylic acids is 1. The van der Waals surface area contributed by atoms with Crippen LogP contribution in [0.15, 0.2) is 18.2 Å². The van der Waals surface area contributed by atoms with Crippen molar-refractivity contribution in [3.05, 3.63) is 29.3 Å². The molecule has 0 aromatic heterocycles. The third-order valence-electron chi connectivity index (χ3n) is 2.95. The molecule has 0 bridgehead atoms. The molecule has 1 rings (SSSR count). The number of hydrogen-bond donors (Lipinski definition) is 1. The second kappa shape index (κ2) is 7.83. The first-order valence-corrected chi connectivity index (χ1v) is 7.59. The Morgan fingerprint density at radius 2 is 1.76 bits per heavy atom. The average molecular weight is 309 g/mol. The first-order valence-electron chi connectivity index (χ1n) is 6.60. The van der Waals surface area contributed by atoms with E-state index in [0.717, 1.165) is 22.9 Å². The Morgan fingerprint density at radius 1 is 1.19 bits per heavy atom. The summed E-state index contributed by atoms with van der Waals surface area (Å²) in [6, 6.07) is 5.51. The first-order chi connectivity index (χ1) is 9.86. The third kappa shape index (κ3) is 4.90. The van der Waals surface area contributed by atoms with Crippen molar-refractivity contribution < 1.29 is 19.5 Å². The smallest absolute Gasteiger partial charge is 0.323 e. The van der Waals surface area contributed by atoms with Crippen molar-refractivity contribution in [1.82, 2.24) is 0 Å². The zero-order chi connectivity index (χ0) is 16.0. The molecule has 0 aliphatic rings. The number of amides is 1. The molecular weight excluding hydrogens is 290 g/mol. The highest BCUT2D eigenvalue weighted by atomic mass is 32.2. The number of thioether (sulfide) groups is 1. The number of hydrogen-bond acceptors (Lipinski definition) is 4. The molecule has 0 saturated carbocycles. The fourth-order valence-electron chi connectivity index (χ4n) is 1.98. The van der Waals surface area contributed by atoms with E-state index in [1.807, 2.05) is 32.0 Å². The predicted molar refractivity (Wildman–Crippen MR) is 83.7 cm³/mol. The number of benzene rings is 1. The van der Waals surface area contributed by atoms with E-state index in [9.17, 15) is 14.4 Å². The Labute approximate surface area is 128 Å². The number of para-hydroxylation sites is 1. The summed E-state index contributed by atoms with van der Waals surface area (Å²) in [5.41, 5.74) is 2.27. The number of carbonyl (C=O) groups excluding carboxylic acids is 2. The Bertz CT molecular complexity index is 536. The van der Waals surface area contributed by atoms with Gasteiger partial charge in [0.1, 0.15) is 6.54 Å². The molecule has 0 radical (unpaired) electrons. The summed E-state index contributed by atoms with van der Waals surface area (Å²) in [6.45, 7) is 4.97. The van der Waals surface area contributed by atoms with Crippen molar-refractivity contribution in [3.8, 4) is 0 Å². The zero-order valence-corrected chi connectivity index (χ0v) is 13.2. The minimum atomic E-state index is -1.09. The van der Waals surface area contributed by atoms with Crippen molar-refractivity contribution >= 4 is 34.4 Å². The lowest BCUT2D eigenvalue weighted by Gasteiger charge is -2.24. The maximum Gasteiger partial charge on any atom is 0.323 e. The van der Waals surface area contributed by atoms with Crippen molar-refractivity contribution in [2.24, 2.45) is 0 Å². The SMILES string of the molecule is CCC(=O)SCC(=O)N(CC(=O)O)c1c(C)cccc1C. The Balaban J connectivity index is 3.03. The van der Waals surface area contributed by atoms with Crippen LogP contribution in [0.5, 0.6) is 0 Å². The van der Waals surface area contributed by atoms with Gasteiger partial charge in [-0.3, -0.25) is 19.3 Å². The summed E-state index contributed by atoms with van der Waals surface area (Å²) in [5.74, 6) is -1.51. The second-order valence-electron chi connectivity index (χ2n) is 4.63. The van der Waals surface area contributed by atoms with Gasteiger partial charge in [0.15, 0.2) is 5.12 Å². The van der Waals surface area contributed by atoms with E-state index in [0.29, 0.717) is 12.1 Å². The van der Waals surface area contributed by atoms with E-state index < -0.39 is 12.5 Å². The number of aliphatic carboxylic acids is 1. The van der Waals surface area contributed by atoms with Gasteiger partial charge in [0.05, 0.1) is 11.4 Å². The number of rotatable bonds is 6. The molecule has 0 saturated heterocycles. The number of anilines is 1. The van der Waals surface area contributed by atoms with Gasteiger partial charge in [-0.15, -0.1) is 0 Å². The van der Waals surface area contributed by atoms with Crippen LogP contribution in [0.1, 0.15) is 24.5 Å². The highest BCUT2D eigenvalue weighted by molar-refractivity contribution is 8.14. The van der Waals surface area contributed by atoms with Crippen LogP contribution in [0.4, 0.5) is 5.69 Å². The molecule has 1 N–H and O–H groups in total. The van der Waals surface area contributed by atoms with Crippen LogP contribution in [-0.4, -0.2) is 34.4 Å². The summed E-state index contributed by atoms with van der Waals surface area (Å²) in [5, 5.41) is 8.95. The van der Waals surface area contributed by atoms with Gasteiger partial charge in [0.2, 0.25) is 5.91 Å². The number of aryl methyl sites for hydroxylation is 2. The van der Waals surface area contributed by atoms with E-state index in [4.69, 9.17) is 5.11 Å². The topological polar surface area (TPSA) is 74.7 Å². The standard InChI is InChI=1S/C15H19NO4S/c1-4-14(20)21-9-12(17)16(8-13(18)19)15-10(2)6-5-7-11(15)3/h5-7H,4,8-9H2,1-3H3,(H,18,19). The number of carbonyl (C=O) groups is 3. The van der Waals surface area contributed by atoms with Crippen molar-refractivity contribution in [2.45, 2.75) is 27.2 Å². The van der Waals surface area contributed by atoms with Crippen LogP contribution in [0, 0.1) is 13.8 Å². The van der Waals surface area contributed by atoms with Crippen molar-refractivity contribution in [2.75, 3.05) is 17.2 Å². The lowest BCUT2D eigenvalue weighted by molar-refractivity contribution is -0.136. The highest BCUT2D eigenvalue weighted by Crippen LogP contribution is 2.25. The van der Waals surface area contributed by atoms with E-state index in [1.54, 1.807) is 6.92 Å². The molecule has 0 aliphatic heterocycles. The maximum absolute atomic E-state index is 12.3. The molecule has 0 unspecified atom stereocenters. The third-order valence-corrected chi connectivity index (χ3v) is 3.95. The van der Waals surface area contributed by atoms with Crippen LogP contribution in [-0.2, 0) is 14.4 Å². The van der Waals surface area contributed by atoms with E-state index in [2.05, 4.69) is 0 Å². The molecule has 1 amide bonds. The van der Waals surface area contributed by atoms with Gasteiger partial charge in [-0.05, 0) is 25.0 Å². The molecule has 114 valence electrons. The van der Waals surface area contributed by atoms with Gasteiger partial charge in [0, 0.05) is 6.42 Å². The molecule has 5 nitrogen and oxygen atoms in total. The Hall–Kier alpha value is -1.82. The van der Waals surface area contributed by atoms with Gasteiger partial charge < -0.3 is 5.11 Å². The fraction of sp³-hybridized carbons (Fsp3) is 0.400. The van der Waals surface area contributed by atoms with E-state index in [-0.39, 0.29) is 16.8 Å². The summed E-state index contributed by atoms with van der Waals surface area (Å²) >= 11 is 0.923. The van der Waals surface area contributed by atoms with Gasteiger partial charge >= 0.3 is 5.97 Å². The molecule has 21 heavy (non-hydrogen) atoms. The van der Waals surface area contributed by atoms with Gasteiger partial charge in [-0.2, -0.15) is 0 Å². The largest absolute Gasteiger partial charge is 0.480 e. The predicted octanol–water partition coefficient (Wildman–Crippen LogP) is 2.39. The summed E-state index contributed by atoms with van der Waals surface area (Å²) in [4.78, 5) is 35.9. The van der Waals surface area contributed by atoms with Crippen molar-refractivity contribution in [3.63, 3.8) is 0 Å². The molecule has 1 aromatic carbocycles. The summed E-state index contributed by atoms with van der Waals surface area (Å²) in [6.07, 6.45) is 0.347. The van der Waals surface area contributed by atoms with Crippen LogP contribution in [0.25, 0.3) is 0 Å². The van der Waals surface area contributed by atoms with Crippen LogP contribution in [0.2, 0.25) is 0 Å². The lowest BCUT2D eigenvalue weighted by Crippen LogP contribution is -2.38. The van der Waals surface area contributed by atoms with Crippen LogP contribution < -0.4 is 4.90 Å². The molecule has 0 heterocycles. The van der Waals surface area contributed by atoms with Crippen LogP contribution in [0.3, 0.4) is 0 Å². The molecule has 0 atom stereocenters. The van der Waals surface area contributed by atoms with E-state index >= 15 is 0 Å². The minimum absolute atomic E-state index is 0.0479. The molecule has 0 fully saturated rings. The molecule has 1 aromatic rings.